The molecule has 0 bridgehead atoms. The van der Waals surface area contributed by atoms with Crippen molar-refractivity contribution in [2.24, 2.45) is 0 Å². The van der Waals surface area contributed by atoms with Crippen LogP contribution in [-0.2, 0) is 4.79 Å². The van der Waals surface area contributed by atoms with Crippen molar-refractivity contribution < 1.29 is 24.2 Å². The maximum atomic E-state index is 12.1. The maximum Gasteiger partial charge on any atom is 0.343 e. The van der Waals surface area contributed by atoms with Crippen LogP contribution in [0.2, 0.25) is 0 Å². The number of carboxylic acids is 1. The predicted octanol–water partition coefficient (Wildman–Crippen LogP) is 3.40. The Morgan fingerprint density at radius 3 is 2.48 bits per heavy atom. The minimum atomic E-state index is -1.04. The Bertz CT molecular complexity index is 719. The Morgan fingerprint density at radius 2 is 1.83 bits per heavy atom. The number of benzene rings is 2. The highest BCUT2D eigenvalue weighted by Gasteiger charge is 2.12. The van der Waals surface area contributed by atoms with E-state index in [0.717, 1.165) is 6.08 Å². The van der Waals surface area contributed by atoms with Gasteiger partial charge in [0, 0.05) is 6.08 Å². The fraction of sp³-hybridized carbons (Fsp3) is 0.111. The smallest absolute Gasteiger partial charge is 0.343 e. The molecule has 2 aromatic rings. The average molecular weight is 312 g/mol. The number of aliphatic carboxylic acids is 1. The summed E-state index contributed by atoms with van der Waals surface area (Å²) < 4.78 is 10.8. The van der Waals surface area contributed by atoms with E-state index < -0.39 is 11.9 Å². The van der Waals surface area contributed by atoms with E-state index in [1.54, 1.807) is 42.5 Å². The van der Waals surface area contributed by atoms with E-state index >= 15 is 0 Å². The molecule has 1 N–H and O–H groups in total. The summed E-state index contributed by atoms with van der Waals surface area (Å²) in [7, 11) is 0. The van der Waals surface area contributed by atoms with Crippen molar-refractivity contribution in [3.8, 4) is 11.5 Å². The van der Waals surface area contributed by atoms with E-state index in [1.165, 1.54) is 6.08 Å². The largest absolute Gasteiger partial charge is 0.490 e. The monoisotopic (exact) mass is 312 g/mol. The molecule has 0 radical (unpaired) electrons. The molecule has 0 aromatic heterocycles. The molecule has 0 aliphatic heterocycles. The van der Waals surface area contributed by atoms with Gasteiger partial charge in [-0.1, -0.05) is 24.3 Å². The minimum absolute atomic E-state index is 0.285. The predicted molar refractivity (Wildman–Crippen MR) is 85.7 cm³/mol. The quantitative estimate of drug-likeness (QED) is 0.503. The van der Waals surface area contributed by atoms with Gasteiger partial charge in [-0.25, -0.2) is 9.59 Å². The summed E-state index contributed by atoms with van der Waals surface area (Å²) in [5.74, 6) is -0.861. The van der Waals surface area contributed by atoms with Crippen LogP contribution >= 0.6 is 0 Å². The third-order valence-electron chi connectivity index (χ3n) is 2.90. The molecule has 0 atom stereocenters. The van der Waals surface area contributed by atoms with Gasteiger partial charge in [-0.05, 0) is 42.8 Å². The molecule has 5 heteroatoms. The van der Waals surface area contributed by atoms with Gasteiger partial charge in [0.1, 0.15) is 0 Å². The maximum absolute atomic E-state index is 12.1. The van der Waals surface area contributed by atoms with Crippen LogP contribution in [0, 0.1) is 0 Å². The lowest BCUT2D eigenvalue weighted by Gasteiger charge is -2.11. The number of carbonyl (C=O) groups excluding carboxylic acids is 1. The summed E-state index contributed by atoms with van der Waals surface area (Å²) in [5.41, 5.74) is 1.07. The van der Waals surface area contributed by atoms with Gasteiger partial charge in [0.05, 0.1) is 12.2 Å². The second kappa shape index (κ2) is 7.79. The topological polar surface area (TPSA) is 72.8 Å². The number of rotatable bonds is 6. The fourth-order valence-electron chi connectivity index (χ4n) is 1.88. The third-order valence-corrected chi connectivity index (χ3v) is 2.90. The van der Waals surface area contributed by atoms with Gasteiger partial charge in [-0.15, -0.1) is 0 Å². The normalized spacial score (nSPS) is 10.5. The Kier molecular flexibility index (Phi) is 5.52. The summed E-state index contributed by atoms with van der Waals surface area (Å²) in [4.78, 5) is 22.7. The summed E-state index contributed by atoms with van der Waals surface area (Å²) in [5, 5.41) is 8.66. The van der Waals surface area contributed by atoms with Gasteiger partial charge in [-0.3, -0.25) is 0 Å². The molecule has 2 rings (SSSR count). The molecule has 0 heterocycles. The Labute approximate surface area is 133 Å². The van der Waals surface area contributed by atoms with Crippen LogP contribution in [0.4, 0.5) is 0 Å². The van der Waals surface area contributed by atoms with Crippen molar-refractivity contribution in [2.75, 3.05) is 6.61 Å². The van der Waals surface area contributed by atoms with E-state index in [-0.39, 0.29) is 5.75 Å². The highest BCUT2D eigenvalue weighted by molar-refractivity contribution is 5.91. The summed E-state index contributed by atoms with van der Waals surface area (Å²) in [6, 6.07) is 13.5. The second-order valence-electron chi connectivity index (χ2n) is 4.57. The Balaban J connectivity index is 2.23. The van der Waals surface area contributed by atoms with E-state index in [2.05, 4.69) is 0 Å². The number of hydrogen-bond acceptors (Lipinski definition) is 4. The molecule has 5 nitrogen and oxygen atoms in total. The number of hydrogen-bond donors (Lipinski definition) is 1. The van der Waals surface area contributed by atoms with Crippen molar-refractivity contribution >= 4 is 18.0 Å². The Morgan fingerprint density at radius 1 is 1.09 bits per heavy atom. The van der Waals surface area contributed by atoms with E-state index in [1.807, 2.05) is 13.0 Å². The van der Waals surface area contributed by atoms with Crippen LogP contribution in [0.5, 0.6) is 11.5 Å². The first-order chi connectivity index (χ1) is 11.1. The molecule has 23 heavy (non-hydrogen) atoms. The fourth-order valence-corrected chi connectivity index (χ4v) is 1.88. The number of carboxylic acid groups (broad SMARTS) is 1. The van der Waals surface area contributed by atoms with Gasteiger partial charge in [0.2, 0.25) is 0 Å². The lowest BCUT2D eigenvalue weighted by atomic mass is 10.2. The van der Waals surface area contributed by atoms with Crippen LogP contribution in [0.3, 0.4) is 0 Å². The van der Waals surface area contributed by atoms with Gasteiger partial charge in [0.15, 0.2) is 11.5 Å². The minimum Gasteiger partial charge on any atom is -0.490 e. The molecule has 0 saturated carbocycles. The van der Waals surface area contributed by atoms with Crippen molar-refractivity contribution in [1.29, 1.82) is 0 Å². The second-order valence-corrected chi connectivity index (χ2v) is 4.57. The highest BCUT2D eigenvalue weighted by Crippen LogP contribution is 2.29. The first-order valence-electron chi connectivity index (χ1n) is 7.05. The van der Waals surface area contributed by atoms with E-state index in [9.17, 15) is 9.59 Å². The first kappa shape index (κ1) is 16.3. The number of esters is 1. The van der Waals surface area contributed by atoms with E-state index in [4.69, 9.17) is 14.6 Å². The van der Waals surface area contributed by atoms with Crippen molar-refractivity contribution in [3.63, 3.8) is 0 Å². The SMILES string of the molecule is CCOc1cc(/C=C/C(=O)O)ccc1OC(=O)c1ccccc1. The molecule has 2 aromatic carbocycles. The van der Waals surface area contributed by atoms with Crippen LogP contribution in [0.25, 0.3) is 6.08 Å². The molecular weight excluding hydrogens is 296 g/mol. The lowest BCUT2D eigenvalue weighted by molar-refractivity contribution is -0.131. The molecule has 0 aliphatic rings. The third kappa shape index (κ3) is 4.71. The molecule has 0 fully saturated rings. The van der Waals surface area contributed by atoms with E-state index in [0.29, 0.717) is 23.5 Å². The molecule has 0 saturated heterocycles. The molecule has 0 unspecified atom stereocenters. The van der Waals surface area contributed by atoms with Crippen LogP contribution in [-0.4, -0.2) is 23.7 Å². The highest BCUT2D eigenvalue weighted by atomic mass is 16.6. The molecule has 0 amide bonds. The zero-order valence-corrected chi connectivity index (χ0v) is 12.6. The van der Waals surface area contributed by atoms with Gasteiger partial charge in [-0.2, -0.15) is 0 Å². The molecular formula is C18H16O5. The first-order valence-corrected chi connectivity index (χ1v) is 7.05. The summed E-state index contributed by atoms with van der Waals surface area (Å²) in [6.07, 6.45) is 2.47. The van der Waals surface area contributed by atoms with Gasteiger partial charge < -0.3 is 14.6 Å². The van der Waals surface area contributed by atoms with Crippen LogP contribution in [0.1, 0.15) is 22.8 Å². The van der Waals surface area contributed by atoms with Crippen LogP contribution in [0.15, 0.2) is 54.6 Å². The molecule has 0 aliphatic carbocycles. The standard InChI is InChI=1S/C18H16O5/c1-2-22-16-12-13(9-11-17(19)20)8-10-15(16)23-18(21)14-6-4-3-5-7-14/h3-12H,2H2,1H3,(H,19,20)/b11-9+. The zero-order chi connectivity index (χ0) is 16.7. The average Bonchev–Trinajstić information content (AvgIpc) is 2.56. The van der Waals surface area contributed by atoms with Crippen LogP contribution < -0.4 is 9.47 Å². The summed E-state index contributed by atoms with van der Waals surface area (Å²) in [6.45, 7) is 2.20. The van der Waals surface area contributed by atoms with Crippen molar-refractivity contribution in [2.45, 2.75) is 6.92 Å². The number of carbonyl (C=O) groups is 2. The molecule has 0 spiro atoms. The Hall–Kier alpha value is -3.08. The lowest BCUT2D eigenvalue weighted by Crippen LogP contribution is -2.09. The van der Waals surface area contributed by atoms with Crippen molar-refractivity contribution in [1.82, 2.24) is 0 Å². The van der Waals surface area contributed by atoms with Gasteiger partial charge in [0.25, 0.3) is 0 Å². The van der Waals surface area contributed by atoms with Gasteiger partial charge >= 0.3 is 11.9 Å². The number of ether oxygens (including phenoxy) is 2. The summed E-state index contributed by atoms with van der Waals surface area (Å²) >= 11 is 0. The zero-order valence-electron chi connectivity index (χ0n) is 12.6. The molecule has 118 valence electrons. The van der Waals surface area contributed by atoms with Crippen molar-refractivity contribution in [3.05, 3.63) is 65.7 Å².